The standard InChI is InChI=1S/C11H15FO/c1-11(2,3)9-6-8(7-12)4-5-10(9)13/h4-6,13H,7H2,1-3H3. The second kappa shape index (κ2) is 3.36. The largest absolute Gasteiger partial charge is 0.508 e. The van der Waals surface area contributed by atoms with Crippen molar-refractivity contribution >= 4 is 0 Å². The molecule has 0 spiro atoms. The van der Waals surface area contributed by atoms with Gasteiger partial charge in [0.05, 0.1) is 0 Å². The Balaban J connectivity index is 3.19. The topological polar surface area (TPSA) is 20.2 Å². The molecule has 0 aliphatic heterocycles. The van der Waals surface area contributed by atoms with Crippen molar-refractivity contribution in [2.45, 2.75) is 32.9 Å². The second-order valence-corrected chi connectivity index (χ2v) is 4.24. The van der Waals surface area contributed by atoms with Gasteiger partial charge < -0.3 is 5.11 Å². The number of rotatable bonds is 1. The van der Waals surface area contributed by atoms with E-state index in [2.05, 4.69) is 0 Å². The molecule has 2 heteroatoms. The first kappa shape index (κ1) is 10.0. The van der Waals surface area contributed by atoms with Gasteiger partial charge in [0, 0.05) is 0 Å². The Kier molecular flexibility index (Phi) is 2.60. The van der Waals surface area contributed by atoms with Gasteiger partial charge in [-0.2, -0.15) is 0 Å². The fraction of sp³-hybridized carbons (Fsp3) is 0.455. The molecule has 1 rings (SSSR count). The Hall–Kier alpha value is -1.05. The van der Waals surface area contributed by atoms with Crippen molar-refractivity contribution < 1.29 is 9.50 Å². The van der Waals surface area contributed by atoms with Gasteiger partial charge in [-0.15, -0.1) is 0 Å². The number of hydrogen-bond donors (Lipinski definition) is 1. The van der Waals surface area contributed by atoms with E-state index in [0.29, 0.717) is 5.56 Å². The third-order valence-electron chi connectivity index (χ3n) is 2.02. The highest BCUT2D eigenvalue weighted by molar-refractivity contribution is 5.40. The molecule has 0 bridgehead atoms. The maximum atomic E-state index is 12.3. The van der Waals surface area contributed by atoms with E-state index in [4.69, 9.17) is 0 Å². The van der Waals surface area contributed by atoms with Gasteiger partial charge in [0.25, 0.3) is 0 Å². The second-order valence-electron chi connectivity index (χ2n) is 4.24. The lowest BCUT2D eigenvalue weighted by Crippen LogP contribution is -2.11. The first-order valence-electron chi connectivity index (χ1n) is 4.33. The normalized spacial score (nSPS) is 11.7. The summed E-state index contributed by atoms with van der Waals surface area (Å²) in [6.45, 7) is 5.49. The third-order valence-corrected chi connectivity index (χ3v) is 2.02. The Labute approximate surface area is 78.2 Å². The monoisotopic (exact) mass is 182 g/mol. The van der Waals surface area contributed by atoms with Crippen molar-refractivity contribution in [3.8, 4) is 5.75 Å². The predicted octanol–water partition coefficient (Wildman–Crippen LogP) is 3.16. The molecule has 13 heavy (non-hydrogen) atoms. The van der Waals surface area contributed by atoms with E-state index in [1.165, 1.54) is 0 Å². The summed E-state index contributed by atoms with van der Waals surface area (Å²) in [7, 11) is 0. The van der Waals surface area contributed by atoms with Crippen molar-refractivity contribution in [2.75, 3.05) is 0 Å². The van der Waals surface area contributed by atoms with Crippen LogP contribution in [0.2, 0.25) is 0 Å². The molecule has 72 valence electrons. The van der Waals surface area contributed by atoms with Crippen LogP contribution in [-0.4, -0.2) is 5.11 Å². The molecular formula is C11H15FO. The molecule has 0 aliphatic carbocycles. The molecule has 1 aromatic carbocycles. The Morgan fingerprint density at radius 1 is 1.31 bits per heavy atom. The molecule has 1 N–H and O–H groups in total. The van der Waals surface area contributed by atoms with Gasteiger partial charge >= 0.3 is 0 Å². The minimum absolute atomic E-state index is 0.144. The van der Waals surface area contributed by atoms with Crippen molar-refractivity contribution in [1.82, 2.24) is 0 Å². The lowest BCUT2D eigenvalue weighted by atomic mass is 9.85. The van der Waals surface area contributed by atoms with E-state index in [-0.39, 0.29) is 11.2 Å². The third kappa shape index (κ3) is 2.20. The van der Waals surface area contributed by atoms with Gasteiger partial charge in [-0.05, 0) is 28.7 Å². The van der Waals surface area contributed by atoms with Crippen LogP contribution in [0.1, 0.15) is 31.9 Å². The van der Waals surface area contributed by atoms with Crippen LogP contribution >= 0.6 is 0 Å². The zero-order valence-corrected chi connectivity index (χ0v) is 8.26. The minimum atomic E-state index is -0.483. The van der Waals surface area contributed by atoms with E-state index in [0.717, 1.165) is 5.56 Å². The highest BCUT2D eigenvalue weighted by Gasteiger charge is 2.17. The lowest BCUT2D eigenvalue weighted by molar-refractivity contribution is 0.443. The Bertz CT molecular complexity index is 299. The summed E-state index contributed by atoms with van der Waals surface area (Å²) in [4.78, 5) is 0. The summed E-state index contributed by atoms with van der Waals surface area (Å²) in [5.74, 6) is 0.240. The number of hydrogen-bond acceptors (Lipinski definition) is 1. The van der Waals surface area contributed by atoms with E-state index < -0.39 is 6.67 Å². The molecule has 0 unspecified atom stereocenters. The number of phenols is 1. The average Bonchev–Trinajstić information content (AvgIpc) is 2.03. The van der Waals surface area contributed by atoms with Crippen molar-refractivity contribution in [2.24, 2.45) is 0 Å². The fourth-order valence-electron chi connectivity index (χ4n) is 1.27. The maximum absolute atomic E-state index is 12.3. The summed E-state index contributed by atoms with van der Waals surface area (Å²) in [5, 5.41) is 9.54. The van der Waals surface area contributed by atoms with Crippen LogP contribution in [0.4, 0.5) is 4.39 Å². The highest BCUT2D eigenvalue weighted by Crippen LogP contribution is 2.31. The molecule has 0 aliphatic rings. The van der Waals surface area contributed by atoms with E-state index >= 15 is 0 Å². The fourth-order valence-corrected chi connectivity index (χ4v) is 1.27. The molecule has 0 aromatic heterocycles. The summed E-state index contributed by atoms with van der Waals surface area (Å²) in [6, 6.07) is 4.87. The number of aromatic hydroxyl groups is 1. The predicted molar refractivity (Wildman–Crippen MR) is 51.6 cm³/mol. The van der Waals surface area contributed by atoms with Gasteiger partial charge in [-0.3, -0.25) is 0 Å². The highest BCUT2D eigenvalue weighted by atomic mass is 19.1. The van der Waals surface area contributed by atoms with Gasteiger partial charge in [0.15, 0.2) is 0 Å². The summed E-state index contributed by atoms with van der Waals surface area (Å²) < 4.78 is 12.3. The summed E-state index contributed by atoms with van der Waals surface area (Å²) in [6.07, 6.45) is 0. The molecule has 1 nitrogen and oxygen atoms in total. The molecule has 0 atom stereocenters. The lowest BCUT2D eigenvalue weighted by Gasteiger charge is -2.20. The summed E-state index contributed by atoms with van der Waals surface area (Å²) >= 11 is 0. The number of alkyl halides is 1. The number of phenolic OH excluding ortho intramolecular Hbond substituents is 1. The first-order chi connectivity index (χ1) is 5.95. The van der Waals surface area contributed by atoms with Gasteiger partial charge in [-0.1, -0.05) is 26.8 Å². The Morgan fingerprint density at radius 3 is 2.38 bits per heavy atom. The zero-order chi connectivity index (χ0) is 10.1. The smallest absolute Gasteiger partial charge is 0.119 e. The molecule has 0 heterocycles. The molecule has 0 fully saturated rings. The minimum Gasteiger partial charge on any atom is -0.508 e. The van der Waals surface area contributed by atoms with Crippen LogP contribution in [0.3, 0.4) is 0 Å². The maximum Gasteiger partial charge on any atom is 0.119 e. The SMILES string of the molecule is CC(C)(C)c1cc(CF)ccc1O. The van der Waals surface area contributed by atoms with Crippen molar-refractivity contribution in [1.29, 1.82) is 0 Å². The molecule has 1 aromatic rings. The van der Waals surface area contributed by atoms with Crippen molar-refractivity contribution in [3.63, 3.8) is 0 Å². The van der Waals surface area contributed by atoms with Gasteiger partial charge in [0.1, 0.15) is 12.4 Å². The van der Waals surface area contributed by atoms with Crippen LogP contribution in [0.5, 0.6) is 5.75 Å². The molecule has 0 amide bonds. The zero-order valence-electron chi connectivity index (χ0n) is 8.26. The van der Waals surface area contributed by atoms with E-state index in [1.54, 1.807) is 18.2 Å². The number of halogens is 1. The quantitative estimate of drug-likeness (QED) is 0.707. The average molecular weight is 182 g/mol. The van der Waals surface area contributed by atoms with Gasteiger partial charge in [-0.25, -0.2) is 4.39 Å². The Morgan fingerprint density at radius 2 is 1.92 bits per heavy atom. The molecule has 0 radical (unpaired) electrons. The molecular weight excluding hydrogens is 167 g/mol. The van der Waals surface area contributed by atoms with Crippen LogP contribution in [0.25, 0.3) is 0 Å². The molecule has 0 saturated heterocycles. The van der Waals surface area contributed by atoms with Crippen LogP contribution < -0.4 is 0 Å². The van der Waals surface area contributed by atoms with Crippen LogP contribution in [0.15, 0.2) is 18.2 Å². The summed E-state index contributed by atoms with van der Waals surface area (Å²) in [5.41, 5.74) is 1.26. The van der Waals surface area contributed by atoms with E-state index in [9.17, 15) is 9.50 Å². The van der Waals surface area contributed by atoms with Crippen LogP contribution in [-0.2, 0) is 12.1 Å². The number of benzene rings is 1. The van der Waals surface area contributed by atoms with Crippen LogP contribution in [0, 0.1) is 0 Å². The van der Waals surface area contributed by atoms with Gasteiger partial charge in [0.2, 0.25) is 0 Å². The molecule has 0 saturated carbocycles. The first-order valence-corrected chi connectivity index (χ1v) is 4.33. The van der Waals surface area contributed by atoms with Crippen molar-refractivity contribution in [3.05, 3.63) is 29.3 Å². The van der Waals surface area contributed by atoms with E-state index in [1.807, 2.05) is 20.8 Å².